The van der Waals surface area contributed by atoms with E-state index in [2.05, 4.69) is 21.2 Å². The molecule has 1 N–H and O–H groups in total. The Morgan fingerprint density at radius 2 is 2.00 bits per heavy atom. The normalized spacial score (nSPS) is 10.2. The summed E-state index contributed by atoms with van der Waals surface area (Å²) in [5.74, 6) is -1.41. The first-order valence-electron chi connectivity index (χ1n) is 5.59. The number of nitrogens with one attached hydrogen (secondary N) is 1. The average Bonchev–Trinajstić information content (AvgIpc) is 2.40. The highest BCUT2D eigenvalue weighted by atomic mass is 79.9. The number of nitrogens with zero attached hydrogens (tertiary/aromatic N) is 1. The van der Waals surface area contributed by atoms with E-state index in [1.54, 1.807) is 0 Å². The summed E-state index contributed by atoms with van der Waals surface area (Å²) in [6.45, 7) is 0. The van der Waals surface area contributed by atoms with Gasteiger partial charge in [0.25, 0.3) is 11.6 Å². The number of amides is 1. The van der Waals surface area contributed by atoms with Gasteiger partial charge in [0.1, 0.15) is 10.8 Å². The van der Waals surface area contributed by atoms with Crippen molar-refractivity contribution in [2.45, 2.75) is 0 Å². The predicted octanol–water partition coefficient (Wildman–Crippen LogP) is 4.40. The summed E-state index contributed by atoms with van der Waals surface area (Å²) in [5.41, 5.74) is -0.361. The molecule has 21 heavy (non-hydrogen) atoms. The van der Waals surface area contributed by atoms with Crippen molar-refractivity contribution in [1.29, 1.82) is 0 Å². The summed E-state index contributed by atoms with van der Waals surface area (Å²) in [5, 5.41) is 13.1. The molecule has 0 fully saturated rings. The zero-order chi connectivity index (χ0) is 15.6. The van der Waals surface area contributed by atoms with E-state index >= 15 is 0 Å². The van der Waals surface area contributed by atoms with Gasteiger partial charge in [0.05, 0.1) is 10.5 Å². The molecule has 2 rings (SSSR count). The molecule has 0 aliphatic carbocycles. The fourth-order valence-corrected chi connectivity index (χ4v) is 2.12. The van der Waals surface area contributed by atoms with E-state index < -0.39 is 16.6 Å². The van der Waals surface area contributed by atoms with Gasteiger partial charge in [-0.3, -0.25) is 14.9 Å². The molecule has 5 nitrogen and oxygen atoms in total. The van der Waals surface area contributed by atoms with Gasteiger partial charge >= 0.3 is 0 Å². The van der Waals surface area contributed by atoms with Gasteiger partial charge in [0, 0.05) is 16.2 Å². The molecule has 2 aromatic carbocycles. The first-order chi connectivity index (χ1) is 9.88. The third-order valence-corrected chi connectivity index (χ3v) is 3.39. The van der Waals surface area contributed by atoms with Crippen LogP contribution in [0.25, 0.3) is 0 Å². The van der Waals surface area contributed by atoms with Gasteiger partial charge in [-0.05, 0) is 30.3 Å². The van der Waals surface area contributed by atoms with E-state index in [4.69, 9.17) is 11.6 Å². The van der Waals surface area contributed by atoms with Crippen LogP contribution < -0.4 is 5.32 Å². The molecule has 108 valence electrons. The standard InChI is InChI=1S/C13H7BrClFN2O3/c14-7-1-3-9(11(16)5-7)13(19)17-8-2-4-10(15)12(6-8)18(20)21/h1-6H,(H,17,19). The molecular formula is C13H7BrClFN2O3. The first kappa shape index (κ1) is 15.4. The van der Waals surface area contributed by atoms with Crippen molar-refractivity contribution in [1.82, 2.24) is 0 Å². The minimum atomic E-state index is -0.711. The van der Waals surface area contributed by atoms with Crippen LogP contribution in [0.5, 0.6) is 0 Å². The maximum atomic E-state index is 13.7. The largest absolute Gasteiger partial charge is 0.322 e. The number of halogens is 3. The highest BCUT2D eigenvalue weighted by Gasteiger charge is 2.16. The summed E-state index contributed by atoms with van der Waals surface area (Å²) < 4.78 is 14.2. The number of hydrogen-bond acceptors (Lipinski definition) is 3. The molecule has 0 spiro atoms. The second-order valence-electron chi connectivity index (χ2n) is 4.00. The van der Waals surface area contributed by atoms with Crippen LogP contribution in [0, 0.1) is 15.9 Å². The Balaban J connectivity index is 2.27. The molecule has 1 amide bonds. The van der Waals surface area contributed by atoms with E-state index in [1.807, 2.05) is 0 Å². The van der Waals surface area contributed by atoms with E-state index in [-0.39, 0.29) is 22.0 Å². The molecule has 0 bridgehead atoms. The van der Waals surface area contributed by atoms with Crippen molar-refractivity contribution in [3.8, 4) is 0 Å². The van der Waals surface area contributed by atoms with Gasteiger partial charge in [-0.1, -0.05) is 27.5 Å². The van der Waals surface area contributed by atoms with E-state index in [0.29, 0.717) is 4.47 Å². The Bertz CT molecular complexity index is 739. The molecule has 0 saturated carbocycles. The lowest BCUT2D eigenvalue weighted by molar-refractivity contribution is -0.384. The molecule has 2 aromatic rings. The fourth-order valence-electron chi connectivity index (χ4n) is 1.60. The number of anilines is 1. The molecule has 0 radical (unpaired) electrons. The number of carbonyl (C=O) groups is 1. The van der Waals surface area contributed by atoms with Crippen LogP contribution in [0.3, 0.4) is 0 Å². The predicted molar refractivity (Wildman–Crippen MR) is 80.2 cm³/mol. The Kier molecular flexibility index (Phi) is 4.54. The maximum absolute atomic E-state index is 13.7. The number of benzene rings is 2. The molecule has 0 saturated heterocycles. The average molecular weight is 374 g/mol. The minimum Gasteiger partial charge on any atom is -0.322 e. The van der Waals surface area contributed by atoms with Crippen molar-refractivity contribution >= 4 is 44.8 Å². The molecule has 0 aromatic heterocycles. The molecule has 0 heterocycles. The molecule has 8 heteroatoms. The zero-order valence-electron chi connectivity index (χ0n) is 10.3. The Labute approximate surface area is 132 Å². The summed E-state index contributed by atoms with van der Waals surface area (Å²) in [6.07, 6.45) is 0. The lowest BCUT2D eigenvalue weighted by Gasteiger charge is -2.07. The second kappa shape index (κ2) is 6.19. The Hall–Kier alpha value is -1.99. The lowest BCUT2D eigenvalue weighted by atomic mass is 10.2. The quantitative estimate of drug-likeness (QED) is 0.640. The van der Waals surface area contributed by atoms with Crippen LogP contribution in [-0.4, -0.2) is 10.8 Å². The molecule has 0 aliphatic heterocycles. The fraction of sp³-hybridized carbons (Fsp3) is 0. The summed E-state index contributed by atoms with van der Waals surface area (Å²) in [7, 11) is 0. The molecule has 0 unspecified atom stereocenters. The third kappa shape index (κ3) is 3.56. The highest BCUT2D eigenvalue weighted by Crippen LogP contribution is 2.27. The van der Waals surface area contributed by atoms with Gasteiger partial charge in [-0.2, -0.15) is 0 Å². The van der Waals surface area contributed by atoms with Crippen LogP contribution in [0.1, 0.15) is 10.4 Å². The summed E-state index contributed by atoms with van der Waals surface area (Å²) in [6, 6.07) is 7.76. The highest BCUT2D eigenvalue weighted by molar-refractivity contribution is 9.10. The van der Waals surface area contributed by atoms with Crippen LogP contribution in [0.15, 0.2) is 40.9 Å². The molecule has 0 aliphatic rings. The number of carbonyl (C=O) groups excluding carboxylic acids is 1. The van der Waals surface area contributed by atoms with Crippen LogP contribution in [-0.2, 0) is 0 Å². The topological polar surface area (TPSA) is 72.2 Å². The maximum Gasteiger partial charge on any atom is 0.289 e. The van der Waals surface area contributed by atoms with Crippen molar-refractivity contribution in [2.75, 3.05) is 5.32 Å². The molecule has 0 atom stereocenters. The Morgan fingerprint density at radius 3 is 2.62 bits per heavy atom. The second-order valence-corrected chi connectivity index (χ2v) is 5.32. The summed E-state index contributed by atoms with van der Waals surface area (Å²) in [4.78, 5) is 22.0. The van der Waals surface area contributed by atoms with Crippen LogP contribution in [0.4, 0.5) is 15.8 Å². The van der Waals surface area contributed by atoms with Gasteiger partial charge < -0.3 is 5.32 Å². The zero-order valence-corrected chi connectivity index (χ0v) is 12.6. The van der Waals surface area contributed by atoms with Gasteiger partial charge in [-0.15, -0.1) is 0 Å². The van der Waals surface area contributed by atoms with Crippen LogP contribution >= 0.6 is 27.5 Å². The number of hydrogen-bond donors (Lipinski definition) is 1. The van der Waals surface area contributed by atoms with E-state index in [1.165, 1.54) is 24.3 Å². The number of nitro groups is 1. The number of nitro benzene ring substituents is 1. The van der Waals surface area contributed by atoms with Gasteiger partial charge in [0.15, 0.2) is 0 Å². The minimum absolute atomic E-state index is 0.0483. The van der Waals surface area contributed by atoms with Crippen molar-refractivity contribution in [3.05, 3.63) is 67.4 Å². The SMILES string of the molecule is O=C(Nc1ccc(Cl)c([N+](=O)[O-])c1)c1ccc(Br)cc1F. The van der Waals surface area contributed by atoms with Gasteiger partial charge in [0.2, 0.25) is 0 Å². The monoisotopic (exact) mass is 372 g/mol. The van der Waals surface area contributed by atoms with Crippen LogP contribution in [0.2, 0.25) is 5.02 Å². The summed E-state index contributed by atoms with van der Waals surface area (Å²) >= 11 is 8.75. The smallest absolute Gasteiger partial charge is 0.289 e. The third-order valence-electron chi connectivity index (χ3n) is 2.58. The van der Waals surface area contributed by atoms with Crippen molar-refractivity contribution in [3.63, 3.8) is 0 Å². The Morgan fingerprint density at radius 1 is 1.29 bits per heavy atom. The van der Waals surface area contributed by atoms with E-state index in [9.17, 15) is 19.3 Å². The molecular weight excluding hydrogens is 367 g/mol. The first-order valence-corrected chi connectivity index (χ1v) is 6.76. The van der Waals surface area contributed by atoms with Crippen molar-refractivity contribution < 1.29 is 14.1 Å². The van der Waals surface area contributed by atoms with Gasteiger partial charge in [-0.25, -0.2) is 4.39 Å². The number of rotatable bonds is 3. The lowest BCUT2D eigenvalue weighted by Crippen LogP contribution is -2.13. The van der Waals surface area contributed by atoms with Crippen molar-refractivity contribution in [2.24, 2.45) is 0 Å². The van der Waals surface area contributed by atoms with E-state index in [0.717, 1.165) is 12.1 Å².